The molecule has 0 saturated carbocycles. The van der Waals surface area contributed by atoms with Gasteiger partial charge in [0.25, 0.3) is 5.69 Å². The number of nitrogens with zero attached hydrogens (tertiary/aromatic N) is 2. The van der Waals surface area contributed by atoms with E-state index in [1.165, 1.54) is 17.7 Å². The van der Waals surface area contributed by atoms with E-state index in [-0.39, 0.29) is 5.69 Å². The van der Waals surface area contributed by atoms with E-state index in [2.05, 4.69) is 12.1 Å². The van der Waals surface area contributed by atoms with Crippen LogP contribution in [0.5, 0.6) is 0 Å². The first-order valence-corrected chi connectivity index (χ1v) is 6.22. The van der Waals surface area contributed by atoms with E-state index in [9.17, 15) is 15.3 Å². The van der Waals surface area contributed by atoms with Crippen molar-refractivity contribution in [1.82, 2.24) is 0 Å². The van der Waals surface area contributed by atoms with E-state index in [4.69, 9.17) is 0 Å². The van der Waals surface area contributed by atoms with Crippen molar-refractivity contribution in [3.05, 3.63) is 75.3 Å². The van der Waals surface area contributed by atoms with Crippen LogP contribution in [0.4, 0.5) is 5.69 Å². The predicted octanol–water partition coefficient (Wildman–Crippen LogP) is 3.38. The van der Waals surface area contributed by atoms with Gasteiger partial charge in [-0.25, -0.2) is 0 Å². The van der Waals surface area contributed by atoms with Crippen LogP contribution in [-0.2, 0) is 6.42 Å². The molecule has 0 radical (unpaired) electrons. The minimum atomic E-state index is -0.463. The summed E-state index contributed by atoms with van der Waals surface area (Å²) in [4.78, 5) is 10.2. The van der Waals surface area contributed by atoms with Gasteiger partial charge in [0.1, 0.15) is 5.71 Å². The van der Waals surface area contributed by atoms with Crippen molar-refractivity contribution in [3.8, 4) is 0 Å². The summed E-state index contributed by atoms with van der Waals surface area (Å²) in [6.07, 6.45) is 0.934. The molecule has 5 heteroatoms. The Hall–Kier alpha value is -2.69. The molecular formula is C15H14N2O3. The van der Waals surface area contributed by atoms with Crippen LogP contribution in [0.15, 0.2) is 53.7 Å². The van der Waals surface area contributed by atoms with E-state index >= 15 is 0 Å². The summed E-state index contributed by atoms with van der Waals surface area (Å²) in [6.45, 7) is 2.06. The van der Waals surface area contributed by atoms with Crippen molar-refractivity contribution in [3.63, 3.8) is 0 Å². The monoisotopic (exact) mass is 270 g/mol. The maximum Gasteiger partial charge on any atom is 0.269 e. The van der Waals surface area contributed by atoms with Crippen molar-refractivity contribution in [2.45, 2.75) is 13.3 Å². The second-order valence-corrected chi connectivity index (χ2v) is 4.30. The number of non-ortho nitro benzene ring substituents is 1. The summed E-state index contributed by atoms with van der Waals surface area (Å²) < 4.78 is 0. The van der Waals surface area contributed by atoms with E-state index < -0.39 is 4.92 Å². The van der Waals surface area contributed by atoms with Crippen LogP contribution >= 0.6 is 0 Å². The number of nitro benzene ring substituents is 1. The topological polar surface area (TPSA) is 75.7 Å². The fourth-order valence-corrected chi connectivity index (χ4v) is 1.92. The van der Waals surface area contributed by atoms with Crippen molar-refractivity contribution in [2.24, 2.45) is 5.16 Å². The number of oxime groups is 1. The van der Waals surface area contributed by atoms with E-state index in [1.807, 2.05) is 24.3 Å². The Morgan fingerprint density at radius 2 is 1.60 bits per heavy atom. The van der Waals surface area contributed by atoms with Gasteiger partial charge in [0.2, 0.25) is 0 Å². The Morgan fingerprint density at radius 3 is 2.00 bits per heavy atom. The van der Waals surface area contributed by atoms with E-state index in [1.54, 1.807) is 12.1 Å². The number of hydrogen-bond acceptors (Lipinski definition) is 4. The van der Waals surface area contributed by atoms with Gasteiger partial charge in [-0.3, -0.25) is 10.1 Å². The molecule has 0 aliphatic carbocycles. The highest BCUT2D eigenvalue weighted by Crippen LogP contribution is 2.16. The van der Waals surface area contributed by atoms with E-state index in [0.717, 1.165) is 12.0 Å². The molecule has 0 unspecified atom stereocenters. The number of hydrogen-bond donors (Lipinski definition) is 1. The van der Waals surface area contributed by atoms with E-state index in [0.29, 0.717) is 11.3 Å². The van der Waals surface area contributed by atoms with Crippen LogP contribution < -0.4 is 0 Å². The Morgan fingerprint density at radius 1 is 1.10 bits per heavy atom. The third-order valence-electron chi connectivity index (χ3n) is 3.09. The van der Waals surface area contributed by atoms with Crippen LogP contribution in [0, 0.1) is 10.1 Å². The lowest BCUT2D eigenvalue weighted by molar-refractivity contribution is -0.384. The van der Waals surface area contributed by atoms with Crippen molar-refractivity contribution >= 4 is 11.4 Å². The molecule has 0 saturated heterocycles. The fourth-order valence-electron chi connectivity index (χ4n) is 1.92. The summed E-state index contributed by atoms with van der Waals surface area (Å²) in [5, 5.41) is 23.1. The molecule has 2 rings (SSSR count). The molecular weight excluding hydrogens is 256 g/mol. The number of aryl methyl sites for hydroxylation is 1. The van der Waals surface area contributed by atoms with Crippen LogP contribution in [0.25, 0.3) is 0 Å². The van der Waals surface area contributed by atoms with Crippen LogP contribution in [0.2, 0.25) is 0 Å². The van der Waals surface area contributed by atoms with Gasteiger partial charge in [-0.05, 0) is 24.1 Å². The molecule has 0 bridgehead atoms. The molecule has 2 aromatic carbocycles. The number of nitro groups is 1. The lowest BCUT2D eigenvalue weighted by Crippen LogP contribution is -2.03. The Bertz CT molecular complexity index is 631. The van der Waals surface area contributed by atoms with Gasteiger partial charge >= 0.3 is 0 Å². The Kier molecular flexibility index (Phi) is 4.10. The zero-order valence-electron chi connectivity index (χ0n) is 11.0. The molecule has 0 amide bonds. The fraction of sp³-hybridized carbons (Fsp3) is 0.133. The maximum atomic E-state index is 10.6. The van der Waals surface area contributed by atoms with Gasteiger partial charge in [0.05, 0.1) is 4.92 Å². The SMILES string of the molecule is CCc1ccc(/C(=N\O)c2ccc([N+](=O)[O-])cc2)cc1. The second kappa shape index (κ2) is 5.97. The highest BCUT2D eigenvalue weighted by Gasteiger charge is 2.10. The quantitative estimate of drug-likeness (QED) is 0.400. The zero-order valence-corrected chi connectivity index (χ0v) is 11.0. The molecule has 5 nitrogen and oxygen atoms in total. The predicted molar refractivity (Wildman–Crippen MR) is 76.3 cm³/mol. The normalized spacial score (nSPS) is 11.3. The molecule has 102 valence electrons. The Balaban J connectivity index is 2.34. The summed E-state index contributed by atoms with van der Waals surface area (Å²) in [5.41, 5.74) is 2.98. The van der Waals surface area contributed by atoms with Gasteiger partial charge in [-0.1, -0.05) is 36.3 Å². The molecule has 0 aliphatic heterocycles. The van der Waals surface area contributed by atoms with Crippen molar-refractivity contribution in [1.29, 1.82) is 0 Å². The molecule has 0 heterocycles. The molecule has 0 fully saturated rings. The summed E-state index contributed by atoms with van der Waals surface area (Å²) in [5.74, 6) is 0. The molecule has 0 aliphatic rings. The van der Waals surface area contributed by atoms with Gasteiger partial charge in [-0.15, -0.1) is 0 Å². The standard InChI is InChI=1S/C15H14N2O3/c1-2-11-3-5-12(6-4-11)15(16-18)13-7-9-14(10-8-13)17(19)20/h3-10,18H,2H2,1H3/b16-15+. The van der Waals surface area contributed by atoms with Crippen LogP contribution in [0.1, 0.15) is 23.6 Å². The third-order valence-corrected chi connectivity index (χ3v) is 3.09. The first kappa shape index (κ1) is 13.7. The average Bonchev–Trinajstić information content (AvgIpc) is 2.49. The second-order valence-electron chi connectivity index (χ2n) is 4.30. The molecule has 0 spiro atoms. The molecule has 0 atom stereocenters. The van der Waals surface area contributed by atoms with Gasteiger partial charge in [-0.2, -0.15) is 0 Å². The lowest BCUT2D eigenvalue weighted by Gasteiger charge is -2.06. The molecule has 2 aromatic rings. The number of rotatable bonds is 4. The maximum absolute atomic E-state index is 10.6. The summed E-state index contributed by atoms with van der Waals surface area (Å²) >= 11 is 0. The zero-order chi connectivity index (χ0) is 14.5. The van der Waals surface area contributed by atoms with Crippen LogP contribution in [-0.4, -0.2) is 15.8 Å². The van der Waals surface area contributed by atoms with Gasteiger partial charge in [0, 0.05) is 23.3 Å². The highest BCUT2D eigenvalue weighted by molar-refractivity contribution is 6.12. The first-order valence-electron chi connectivity index (χ1n) is 6.22. The third kappa shape index (κ3) is 2.83. The first-order chi connectivity index (χ1) is 9.65. The van der Waals surface area contributed by atoms with Gasteiger partial charge < -0.3 is 5.21 Å². The molecule has 20 heavy (non-hydrogen) atoms. The van der Waals surface area contributed by atoms with Crippen molar-refractivity contribution in [2.75, 3.05) is 0 Å². The minimum absolute atomic E-state index is 0.00682. The Labute approximate surface area is 116 Å². The smallest absolute Gasteiger partial charge is 0.269 e. The molecule has 0 aromatic heterocycles. The van der Waals surface area contributed by atoms with Gasteiger partial charge in [0.15, 0.2) is 0 Å². The largest absolute Gasteiger partial charge is 0.410 e. The summed E-state index contributed by atoms with van der Waals surface area (Å²) in [7, 11) is 0. The highest BCUT2D eigenvalue weighted by atomic mass is 16.6. The summed E-state index contributed by atoms with van der Waals surface area (Å²) in [6, 6.07) is 13.6. The molecule has 1 N–H and O–H groups in total. The van der Waals surface area contributed by atoms with Crippen molar-refractivity contribution < 1.29 is 10.1 Å². The lowest BCUT2D eigenvalue weighted by atomic mass is 10.0. The van der Waals surface area contributed by atoms with Crippen LogP contribution in [0.3, 0.4) is 0 Å². The number of benzene rings is 2. The average molecular weight is 270 g/mol. The minimum Gasteiger partial charge on any atom is -0.410 e.